The summed E-state index contributed by atoms with van der Waals surface area (Å²) in [5.74, 6) is 1.27. The lowest BCUT2D eigenvalue weighted by Crippen LogP contribution is -2.03. The van der Waals surface area contributed by atoms with Gasteiger partial charge in [0, 0.05) is 10.9 Å². The first kappa shape index (κ1) is 18.4. The van der Waals surface area contributed by atoms with Crippen LogP contribution >= 0.6 is 11.8 Å². The van der Waals surface area contributed by atoms with E-state index in [0.717, 1.165) is 27.7 Å². The smallest absolute Gasteiger partial charge is 0.277 e. The van der Waals surface area contributed by atoms with Crippen LogP contribution in [0.15, 0.2) is 81.0 Å². The molecule has 1 N–H and O–H groups in total. The zero-order chi connectivity index (χ0) is 20.5. The fourth-order valence-electron chi connectivity index (χ4n) is 3.44. The molecule has 0 amide bonds. The zero-order valence-corrected chi connectivity index (χ0v) is 16.9. The van der Waals surface area contributed by atoms with Crippen LogP contribution in [0.5, 0.6) is 0 Å². The Bertz CT molecular complexity index is 1330. The Balaban J connectivity index is 1.43. The van der Waals surface area contributed by atoms with Crippen molar-refractivity contribution in [2.75, 3.05) is 5.75 Å². The number of hydrogen-bond acceptors (Lipinski definition) is 6. The van der Waals surface area contributed by atoms with Crippen LogP contribution in [-0.4, -0.2) is 26.7 Å². The summed E-state index contributed by atoms with van der Waals surface area (Å²) in [6.07, 6.45) is 1.58. The number of carbonyl (C=O) groups is 1. The lowest BCUT2D eigenvalue weighted by molar-refractivity contribution is 0.102. The van der Waals surface area contributed by atoms with Gasteiger partial charge in [-0.2, -0.15) is 0 Å². The molecule has 5 rings (SSSR count). The number of hydrogen-bond donors (Lipinski definition) is 1. The minimum atomic E-state index is -0.00413. The number of aromatic nitrogens is 3. The molecule has 2 aromatic carbocycles. The number of aromatic amines is 1. The molecule has 0 saturated heterocycles. The highest BCUT2D eigenvalue weighted by Crippen LogP contribution is 2.32. The molecule has 0 aliphatic carbocycles. The van der Waals surface area contributed by atoms with E-state index < -0.39 is 0 Å². The summed E-state index contributed by atoms with van der Waals surface area (Å²) in [4.78, 5) is 16.6. The molecular weight excluding hydrogens is 398 g/mol. The monoisotopic (exact) mass is 415 g/mol. The molecule has 0 spiro atoms. The first-order valence-electron chi connectivity index (χ1n) is 9.41. The number of thioether (sulfide) groups is 1. The Kier molecular flexibility index (Phi) is 4.72. The quantitative estimate of drug-likeness (QED) is 0.280. The van der Waals surface area contributed by atoms with Crippen LogP contribution < -0.4 is 0 Å². The van der Waals surface area contributed by atoms with Crippen LogP contribution in [0.1, 0.15) is 16.1 Å². The highest BCUT2D eigenvalue weighted by molar-refractivity contribution is 7.99. The Morgan fingerprint density at radius 3 is 2.63 bits per heavy atom. The molecule has 5 aromatic rings. The lowest BCUT2D eigenvalue weighted by Gasteiger charge is -2.04. The number of ketones is 1. The molecule has 0 atom stereocenters. The normalized spacial score (nSPS) is 11.2. The topological polar surface area (TPSA) is 84.9 Å². The third-order valence-corrected chi connectivity index (χ3v) is 5.69. The van der Waals surface area contributed by atoms with Gasteiger partial charge in [0.1, 0.15) is 5.76 Å². The van der Waals surface area contributed by atoms with Crippen molar-refractivity contribution in [1.29, 1.82) is 0 Å². The van der Waals surface area contributed by atoms with Gasteiger partial charge >= 0.3 is 0 Å². The van der Waals surface area contributed by atoms with Crippen LogP contribution in [0, 0.1) is 6.92 Å². The number of H-pyrrole nitrogens is 1. The SMILES string of the molecule is Cc1occc1-c1nnc(SCC(=O)c2c(-c3ccccc3)[nH]c3ccccc23)o1. The third kappa shape index (κ3) is 3.33. The molecule has 30 heavy (non-hydrogen) atoms. The summed E-state index contributed by atoms with van der Waals surface area (Å²) in [6, 6.07) is 19.5. The van der Waals surface area contributed by atoms with Crippen molar-refractivity contribution in [2.45, 2.75) is 12.1 Å². The molecular formula is C23H17N3O3S. The van der Waals surface area contributed by atoms with Gasteiger partial charge in [-0.05, 0) is 24.6 Å². The van der Waals surface area contributed by atoms with Crippen LogP contribution in [0.3, 0.4) is 0 Å². The summed E-state index contributed by atoms with van der Waals surface area (Å²) in [6.45, 7) is 1.83. The van der Waals surface area contributed by atoms with Gasteiger partial charge < -0.3 is 13.8 Å². The number of para-hydroxylation sites is 1. The van der Waals surface area contributed by atoms with Crippen LogP contribution in [-0.2, 0) is 0 Å². The maximum atomic E-state index is 13.2. The molecule has 7 heteroatoms. The number of carbonyl (C=O) groups excluding carboxylic acids is 1. The molecule has 148 valence electrons. The molecule has 0 saturated carbocycles. The van der Waals surface area contributed by atoms with Crippen molar-refractivity contribution >= 4 is 28.4 Å². The van der Waals surface area contributed by atoms with Crippen LogP contribution in [0.2, 0.25) is 0 Å². The van der Waals surface area contributed by atoms with E-state index in [2.05, 4.69) is 15.2 Å². The highest BCUT2D eigenvalue weighted by atomic mass is 32.2. The fraction of sp³-hybridized carbons (Fsp3) is 0.0870. The number of nitrogens with one attached hydrogen (secondary N) is 1. The predicted octanol–water partition coefficient (Wildman–Crippen LogP) is 5.76. The molecule has 3 aromatic heterocycles. The Morgan fingerprint density at radius 2 is 1.83 bits per heavy atom. The standard InChI is InChI=1S/C23H17N3O3S/c1-14-16(11-12-28-14)22-25-26-23(29-22)30-13-19(27)20-17-9-5-6-10-18(17)24-21(20)15-7-3-2-4-8-15/h2-12,24H,13H2,1H3. The van der Waals surface area contributed by atoms with Gasteiger partial charge in [0.05, 0.1) is 28.8 Å². The first-order chi connectivity index (χ1) is 14.7. The molecule has 0 aliphatic heterocycles. The maximum Gasteiger partial charge on any atom is 0.277 e. The molecule has 0 fully saturated rings. The number of aryl methyl sites for hydroxylation is 1. The lowest BCUT2D eigenvalue weighted by atomic mass is 10.0. The van der Waals surface area contributed by atoms with E-state index in [-0.39, 0.29) is 11.5 Å². The van der Waals surface area contributed by atoms with Gasteiger partial charge in [-0.3, -0.25) is 4.79 Å². The van der Waals surface area contributed by atoms with Crippen molar-refractivity contribution < 1.29 is 13.6 Å². The average Bonchev–Trinajstić information content (AvgIpc) is 3.50. The van der Waals surface area contributed by atoms with E-state index in [1.807, 2.05) is 61.5 Å². The molecule has 0 aliphatic rings. The molecule has 0 radical (unpaired) electrons. The van der Waals surface area contributed by atoms with Crippen molar-refractivity contribution in [3.05, 3.63) is 78.3 Å². The van der Waals surface area contributed by atoms with Crippen molar-refractivity contribution in [1.82, 2.24) is 15.2 Å². The van der Waals surface area contributed by atoms with Gasteiger partial charge in [-0.15, -0.1) is 10.2 Å². The summed E-state index contributed by atoms with van der Waals surface area (Å²) in [5.41, 5.74) is 4.15. The maximum absolute atomic E-state index is 13.2. The van der Waals surface area contributed by atoms with Crippen LogP contribution in [0.25, 0.3) is 33.6 Å². The van der Waals surface area contributed by atoms with Gasteiger partial charge in [-0.25, -0.2) is 0 Å². The molecule has 0 unspecified atom stereocenters. The van der Waals surface area contributed by atoms with Gasteiger partial charge in [0.2, 0.25) is 0 Å². The zero-order valence-electron chi connectivity index (χ0n) is 16.1. The number of fused-ring (bicyclic) bond motifs is 1. The largest absolute Gasteiger partial charge is 0.469 e. The Morgan fingerprint density at radius 1 is 1.03 bits per heavy atom. The van der Waals surface area contributed by atoms with Crippen molar-refractivity contribution in [2.24, 2.45) is 0 Å². The summed E-state index contributed by atoms with van der Waals surface area (Å²) < 4.78 is 11.0. The summed E-state index contributed by atoms with van der Waals surface area (Å²) in [7, 11) is 0. The van der Waals surface area contributed by atoms with E-state index in [1.165, 1.54) is 11.8 Å². The second-order valence-electron chi connectivity index (χ2n) is 6.76. The Labute approximate surface area is 176 Å². The second kappa shape index (κ2) is 7.68. The van der Waals surface area contributed by atoms with Crippen molar-refractivity contribution in [3.8, 4) is 22.7 Å². The first-order valence-corrected chi connectivity index (χ1v) is 10.4. The second-order valence-corrected chi connectivity index (χ2v) is 7.69. The summed E-state index contributed by atoms with van der Waals surface area (Å²) >= 11 is 1.23. The molecule has 0 bridgehead atoms. The fourth-order valence-corrected chi connectivity index (χ4v) is 4.07. The number of Topliss-reactive ketones (excluding diaryl/α,β-unsaturated/α-hetero) is 1. The molecule has 3 heterocycles. The Hall–Kier alpha value is -3.58. The minimum absolute atomic E-state index is 0.00413. The van der Waals surface area contributed by atoms with E-state index in [4.69, 9.17) is 8.83 Å². The third-order valence-electron chi connectivity index (χ3n) is 4.87. The molecule has 6 nitrogen and oxygen atoms in total. The van der Waals surface area contributed by atoms with E-state index in [1.54, 1.807) is 12.3 Å². The van der Waals surface area contributed by atoms with Gasteiger partial charge in [0.25, 0.3) is 11.1 Å². The van der Waals surface area contributed by atoms with E-state index in [9.17, 15) is 4.79 Å². The van der Waals surface area contributed by atoms with E-state index >= 15 is 0 Å². The van der Waals surface area contributed by atoms with Crippen LogP contribution in [0.4, 0.5) is 0 Å². The minimum Gasteiger partial charge on any atom is -0.469 e. The highest BCUT2D eigenvalue weighted by Gasteiger charge is 2.21. The summed E-state index contributed by atoms with van der Waals surface area (Å²) in [5, 5.41) is 9.37. The number of furan rings is 1. The number of rotatable bonds is 6. The van der Waals surface area contributed by atoms with Crippen molar-refractivity contribution in [3.63, 3.8) is 0 Å². The number of benzene rings is 2. The van der Waals surface area contributed by atoms with Gasteiger partial charge in [0.15, 0.2) is 5.78 Å². The predicted molar refractivity (Wildman–Crippen MR) is 116 cm³/mol. The van der Waals surface area contributed by atoms with E-state index in [0.29, 0.717) is 22.4 Å². The van der Waals surface area contributed by atoms with Gasteiger partial charge in [-0.1, -0.05) is 60.3 Å². The number of nitrogens with zero attached hydrogens (tertiary/aromatic N) is 2. The average molecular weight is 415 g/mol.